The third-order valence-corrected chi connectivity index (χ3v) is 3.53. The van der Waals surface area contributed by atoms with Crippen molar-refractivity contribution in [2.24, 2.45) is 11.7 Å². The van der Waals surface area contributed by atoms with Gasteiger partial charge in [0, 0.05) is 25.2 Å². The number of rotatable bonds is 4. The van der Waals surface area contributed by atoms with E-state index in [1.54, 1.807) is 4.90 Å². The van der Waals surface area contributed by atoms with Gasteiger partial charge in [-0.05, 0) is 24.5 Å². The van der Waals surface area contributed by atoms with Crippen molar-refractivity contribution in [2.75, 3.05) is 13.1 Å². The molecule has 124 valence electrons. The lowest BCUT2D eigenvalue weighted by Crippen LogP contribution is -2.44. The topological polar surface area (TPSA) is 55.6 Å². The molecule has 22 heavy (non-hydrogen) atoms. The van der Waals surface area contributed by atoms with Gasteiger partial charge in [0.05, 0.1) is 0 Å². The maximum Gasteiger partial charge on any atom is 0.263 e. The highest BCUT2D eigenvalue weighted by Gasteiger charge is 2.33. The molecule has 4 nitrogen and oxygen atoms in total. The number of amides is 1. The normalized spacial score (nSPS) is 19.0. The average Bonchev–Trinajstić information content (AvgIpc) is 2.83. The van der Waals surface area contributed by atoms with Crippen LogP contribution < -0.4 is 10.5 Å². The van der Waals surface area contributed by atoms with Crippen LogP contribution in [0.4, 0.5) is 8.78 Å². The number of hydrogen-bond donors (Lipinski definition) is 1. The molecule has 0 bridgehead atoms. The Hall–Kier alpha value is -1.40. The van der Waals surface area contributed by atoms with Gasteiger partial charge in [0.1, 0.15) is 5.82 Å². The Morgan fingerprint density at radius 3 is 2.59 bits per heavy atom. The van der Waals surface area contributed by atoms with Gasteiger partial charge in [0.2, 0.25) is 0 Å². The minimum absolute atomic E-state index is 0. The summed E-state index contributed by atoms with van der Waals surface area (Å²) in [6.07, 6.45) is -0.0585. The lowest BCUT2D eigenvalue weighted by molar-refractivity contribution is -0.139. The van der Waals surface area contributed by atoms with Crippen LogP contribution in [0.15, 0.2) is 18.2 Å². The Kier molecular flexibility index (Phi) is 6.56. The molecule has 1 heterocycles. The van der Waals surface area contributed by atoms with E-state index in [-0.39, 0.29) is 36.0 Å². The smallest absolute Gasteiger partial charge is 0.263 e. The van der Waals surface area contributed by atoms with Crippen LogP contribution in [0.5, 0.6) is 5.75 Å². The molecule has 1 aromatic carbocycles. The maximum atomic E-state index is 13.7. The number of nitrogens with two attached hydrogens (primary N) is 1. The second kappa shape index (κ2) is 7.74. The van der Waals surface area contributed by atoms with Crippen LogP contribution in [0, 0.1) is 17.6 Å². The highest BCUT2D eigenvalue weighted by atomic mass is 35.5. The molecule has 0 saturated carbocycles. The zero-order valence-electron chi connectivity index (χ0n) is 12.6. The SMILES string of the molecule is CC(C)C(Oc1ccc(F)cc1F)C(=O)N1CC[C@@H](N)C1.Cl. The standard InChI is InChI=1S/C15H20F2N2O2.ClH/c1-9(2)14(15(20)19-6-5-11(18)8-19)21-13-4-3-10(16)7-12(13)17;/h3-4,7,9,11,14H,5-6,8,18H2,1-2H3;1H/t11-,14?;/m1./s1. The molecule has 0 radical (unpaired) electrons. The van der Waals surface area contributed by atoms with E-state index in [4.69, 9.17) is 10.5 Å². The molecule has 2 N–H and O–H groups in total. The molecule has 1 aliphatic rings. The van der Waals surface area contributed by atoms with Crippen LogP contribution in [0.2, 0.25) is 0 Å². The van der Waals surface area contributed by atoms with E-state index >= 15 is 0 Å². The van der Waals surface area contributed by atoms with Gasteiger partial charge < -0.3 is 15.4 Å². The summed E-state index contributed by atoms with van der Waals surface area (Å²) in [7, 11) is 0. The molecule has 1 amide bonds. The molecule has 1 fully saturated rings. The number of ether oxygens (including phenoxy) is 1. The summed E-state index contributed by atoms with van der Waals surface area (Å²) in [5.74, 6) is -1.96. The Labute approximate surface area is 135 Å². The lowest BCUT2D eigenvalue weighted by Gasteiger charge is -2.26. The fourth-order valence-electron chi connectivity index (χ4n) is 2.35. The first-order valence-corrected chi connectivity index (χ1v) is 7.04. The third kappa shape index (κ3) is 4.30. The number of carbonyl (C=O) groups excluding carboxylic acids is 1. The van der Waals surface area contributed by atoms with E-state index in [1.807, 2.05) is 13.8 Å². The summed E-state index contributed by atoms with van der Waals surface area (Å²) in [4.78, 5) is 14.1. The van der Waals surface area contributed by atoms with E-state index in [9.17, 15) is 13.6 Å². The Morgan fingerprint density at radius 2 is 2.09 bits per heavy atom. The monoisotopic (exact) mass is 334 g/mol. The van der Waals surface area contributed by atoms with Gasteiger partial charge in [-0.15, -0.1) is 12.4 Å². The van der Waals surface area contributed by atoms with Crippen molar-refractivity contribution in [3.63, 3.8) is 0 Å². The van der Waals surface area contributed by atoms with Crippen molar-refractivity contribution in [3.05, 3.63) is 29.8 Å². The number of nitrogens with zero attached hydrogens (tertiary/aromatic N) is 1. The van der Waals surface area contributed by atoms with Crippen LogP contribution in [0.25, 0.3) is 0 Å². The van der Waals surface area contributed by atoms with Crippen molar-refractivity contribution in [1.29, 1.82) is 0 Å². The number of likely N-dealkylation sites (tertiary alicyclic amines) is 1. The zero-order valence-corrected chi connectivity index (χ0v) is 13.4. The number of halogens is 3. The summed E-state index contributed by atoms with van der Waals surface area (Å²) in [6, 6.07) is 3.02. The van der Waals surface area contributed by atoms with Crippen molar-refractivity contribution in [3.8, 4) is 5.75 Å². The first-order chi connectivity index (χ1) is 9.88. The zero-order chi connectivity index (χ0) is 15.6. The highest BCUT2D eigenvalue weighted by molar-refractivity contribution is 5.85. The lowest BCUT2D eigenvalue weighted by atomic mass is 10.1. The molecule has 1 saturated heterocycles. The Balaban J connectivity index is 0.00000242. The second-order valence-corrected chi connectivity index (χ2v) is 5.69. The number of benzene rings is 1. The maximum absolute atomic E-state index is 13.7. The molecule has 2 atom stereocenters. The van der Waals surface area contributed by atoms with E-state index in [2.05, 4.69) is 0 Å². The summed E-state index contributed by atoms with van der Waals surface area (Å²) in [5, 5.41) is 0. The minimum Gasteiger partial charge on any atom is -0.477 e. The van der Waals surface area contributed by atoms with Crippen LogP contribution in [-0.4, -0.2) is 36.0 Å². The fraction of sp³-hybridized carbons (Fsp3) is 0.533. The molecular weight excluding hydrogens is 314 g/mol. The predicted octanol–water partition coefficient (Wildman–Crippen LogP) is 2.35. The predicted molar refractivity (Wildman–Crippen MR) is 82.0 cm³/mol. The van der Waals surface area contributed by atoms with Gasteiger partial charge in [0.25, 0.3) is 5.91 Å². The molecule has 7 heteroatoms. The summed E-state index contributed by atoms with van der Waals surface area (Å²) < 4.78 is 32.1. The van der Waals surface area contributed by atoms with E-state index in [1.165, 1.54) is 6.07 Å². The van der Waals surface area contributed by atoms with Gasteiger partial charge in [-0.25, -0.2) is 8.78 Å². The first-order valence-electron chi connectivity index (χ1n) is 7.04. The van der Waals surface area contributed by atoms with Gasteiger partial charge in [-0.3, -0.25) is 4.79 Å². The Morgan fingerprint density at radius 1 is 1.41 bits per heavy atom. The van der Waals surface area contributed by atoms with Crippen LogP contribution in [0.3, 0.4) is 0 Å². The van der Waals surface area contributed by atoms with Gasteiger partial charge in [0.15, 0.2) is 17.7 Å². The van der Waals surface area contributed by atoms with Crippen LogP contribution in [0.1, 0.15) is 20.3 Å². The van der Waals surface area contributed by atoms with Gasteiger partial charge in [-0.1, -0.05) is 13.8 Å². The van der Waals surface area contributed by atoms with Gasteiger partial charge in [-0.2, -0.15) is 0 Å². The largest absolute Gasteiger partial charge is 0.477 e. The second-order valence-electron chi connectivity index (χ2n) is 5.69. The quantitative estimate of drug-likeness (QED) is 0.919. The molecular formula is C15H21ClF2N2O2. The molecule has 2 rings (SSSR count). The van der Waals surface area contributed by atoms with Crippen molar-refractivity contribution in [2.45, 2.75) is 32.4 Å². The molecule has 1 unspecified atom stereocenters. The minimum atomic E-state index is -0.813. The molecule has 0 aromatic heterocycles. The van der Waals surface area contributed by atoms with Crippen molar-refractivity contribution < 1.29 is 18.3 Å². The molecule has 1 aliphatic heterocycles. The fourth-order valence-corrected chi connectivity index (χ4v) is 2.35. The first kappa shape index (κ1) is 18.6. The van der Waals surface area contributed by atoms with E-state index in [0.717, 1.165) is 18.6 Å². The number of hydrogen-bond acceptors (Lipinski definition) is 3. The highest BCUT2D eigenvalue weighted by Crippen LogP contribution is 2.23. The molecule has 0 aliphatic carbocycles. The van der Waals surface area contributed by atoms with E-state index < -0.39 is 17.7 Å². The van der Waals surface area contributed by atoms with Gasteiger partial charge >= 0.3 is 0 Å². The molecule has 1 aromatic rings. The van der Waals surface area contributed by atoms with Crippen LogP contribution >= 0.6 is 12.4 Å². The Bertz CT molecular complexity index is 528. The van der Waals surface area contributed by atoms with Crippen LogP contribution in [-0.2, 0) is 4.79 Å². The summed E-state index contributed by atoms with van der Waals surface area (Å²) in [5.41, 5.74) is 5.80. The summed E-state index contributed by atoms with van der Waals surface area (Å²) in [6.45, 7) is 4.70. The third-order valence-electron chi connectivity index (χ3n) is 3.53. The van der Waals surface area contributed by atoms with E-state index in [0.29, 0.717) is 13.1 Å². The van der Waals surface area contributed by atoms with Crippen molar-refractivity contribution in [1.82, 2.24) is 4.90 Å². The van der Waals surface area contributed by atoms with Crippen molar-refractivity contribution >= 4 is 18.3 Å². The number of carbonyl (C=O) groups is 1. The summed E-state index contributed by atoms with van der Waals surface area (Å²) >= 11 is 0. The molecule has 0 spiro atoms. The average molecular weight is 335 g/mol.